The van der Waals surface area contributed by atoms with Gasteiger partial charge in [0, 0.05) is 17.6 Å². The number of hydrogen-bond acceptors (Lipinski definition) is 2. The Morgan fingerprint density at radius 1 is 1.50 bits per heavy atom. The van der Waals surface area contributed by atoms with Gasteiger partial charge < -0.3 is 11.5 Å². The van der Waals surface area contributed by atoms with Crippen molar-refractivity contribution in [3.8, 4) is 0 Å². The summed E-state index contributed by atoms with van der Waals surface area (Å²) >= 11 is 5.93. The van der Waals surface area contributed by atoms with Crippen molar-refractivity contribution in [1.29, 1.82) is 0 Å². The third-order valence-electron chi connectivity index (χ3n) is 1.80. The van der Waals surface area contributed by atoms with E-state index in [2.05, 4.69) is 0 Å². The van der Waals surface area contributed by atoms with Gasteiger partial charge in [-0.25, -0.2) is 0 Å². The number of hydrogen-bond donors (Lipinski definition) is 2. The van der Waals surface area contributed by atoms with Gasteiger partial charge in [-0.2, -0.15) is 0 Å². The molecule has 0 aliphatic carbocycles. The maximum Gasteiger partial charge on any atom is 0.0454 e. The minimum atomic E-state index is -0.155. The second-order valence-electron chi connectivity index (χ2n) is 2.87. The van der Waals surface area contributed by atoms with Crippen LogP contribution in [-0.4, -0.2) is 6.54 Å². The summed E-state index contributed by atoms with van der Waals surface area (Å²) in [7, 11) is 0. The maximum absolute atomic E-state index is 5.93. The highest BCUT2D eigenvalue weighted by atomic mass is 35.5. The Kier molecular flexibility index (Phi) is 3.09. The van der Waals surface area contributed by atoms with Gasteiger partial charge in [0.05, 0.1) is 0 Å². The molecule has 0 heterocycles. The molecule has 0 fully saturated rings. The summed E-state index contributed by atoms with van der Waals surface area (Å²) in [5.41, 5.74) is 13.3. The Labute approximate surface area is 77.5 Å². The molecular formula is C9H13ClN2. The molecule has 0 saturated heterocycles. The third kappa shape index (κ3) is 1.97. The number of benzene rings is 1. The van der Waals surface area contributed by atoms with Gasteiger partial charge in [-0.3, -0.25) is 0 Å². The summed E-state index contributed by atoms with van der Waals surface area (Å²) < 4.78 is 0. The highest BCUT2D eigenvalue weighted by Gasteiger charge is 2.07. The van der Waals surface area contributed by atoms with Gasteiger partial charge in [-0.15, -0.1) is 0 Å². The molecule has 1 rings (SSSR count). The Hall–Kier alpha value is -0.570. The first kappa shape index (κ1) is 9.52. The zero-order chi connectivity index (χ0) is 9.14. The Morgan fingerprint density at radius 2 is 2.17 bits per heavy atom. The molecule has 0 bridgehead atoms. The summed E-state index contributed by atoms with van der Waals surface area (Å²) in [5.74, 6) is 0. The van der Waals surface area contributed by atoms with Crippen LogP contribution in [0.1, 0.15) is 17.2 Å². The number of halogens is 1. The van der Waals surface area contributed by atoms with Crippen LogP contribution in [0.4, 0.5) is 0 Å². The molecule has 1 atom stereocenters. The van der Waals surface area contributed by atoms with Crippen LogP contribution < -0.4 is 11.5 Å². The molecule has 2 nitrogen and oxygen atoms in total. The predicted octanol–water partition coefficient (Wildman–Crippen LogP) is 1.61. The van der Waals surface area contributed by atoms with Crippen LogP contribution in [0.15, 0.2) is 18.2 Å². The molecule has 0 aliphatic heterocycles. The van der Waals surface area contributed by atoms with Crippen molar-refractivity contribution in [2.45, 2.75) is 13.0 Å². The van der Waals surface area contributed by atoms with Gasteiger partial charge in [0.15, 0.2) is 0 Å². The molecule has 3 heteroatoms. The fraction of sp³-hybridized carbons (Fsp3) is 0.333. The first-order valence-electron chi connectivity index (χ1n) is 3.87. The van der Waals surface area contributed by atoms with E-state index in [0.29, 0.717) is 11.6 Å². The van der Waals surface area contributed by atoms with E-state index in [1.54, 1.807) is 0 Å². The average Bonchev–Trinajstić information content (AvgIpc) is 2.08. The van der Waals surface area contributed by atoms with Gasteiger partial charge in [0.1, 0.15) is 0 Å². The van der Waals surface area contributed by atoms with Crippen LogP contribution >= 0.6 is 11.6 Å². The molecule has 0 unspecified atom stereocenters. The minimum absolute atomic E-state index is 0.155. The standard InChI is InChI=1S/C9H13ClN2/c1-6-2-3-8(10)7(4-6)9(12)5-11/h2-4,9H,5,11-12H2,1H3/t9-/m1/s1. The summed E-state index contributed by atoms with van der Waals surface area (Å²) in [4.78, 5) is 0. The minimum Gasteiger partial charge on any atom is -0.329 e. The predicted molar refractivity (Wildman–Crippen MR) is 52.2 cm³/mol. The zero-order valence-corrected chi connectivity index (χ0v) is 7.81. The quantitative estimate of drug-likeness (QED) is 0.734. The van der Waals surface area contributed by atoms with Crippen LogP contribution in [0, 0.1) is 6.92 Å². The summed E-state index contributed by atoms with van der Waals surface area (Å²) in [6.45, 7) is 2.42. The summed E-state index contributed by atoms with van der Waals surface area (Å²) in [5, 5.41) is 0.693. The van der Waals surface area contributed by atoms with Crippen molar-refractivity contribution < 1.29 is 0 Å². The van der Waals surface area contributed by atoms with Crippen molar-refractivity contribution >= 4 is 11.6 Å². The summed E-state index contributed by atoms with van der Waals surface area (Å²) in [6, 6.07) is 5.62. The van der Waals surface area contributed by atoms with Crippen LogP contribution in [-0.2, 0) is 0 Å². The zero-order valence-electron chi connectivity index (χ0n) is 7.05. The first-order valence-corrected chi connectivity index (χ1v) is 4.24. The van der Waals surface area contributed by atoms with E-state index in [-0.39, 0.29) is 6.04 Å². The van der Waals surface area contributed by atoms with Crippen molar-refractivity contribution in [1.82, 2.24) is 0 Å². The molecule has 0 aliphatic rings. The SMILES string of the molecule is Cc1ccc(Cl)c([C@H](N)CN)c1. The monoisotopic (exact) mass is 184 g/mol. The second kappa shape index (κ2) is 3.90. The van der Waals surface area contributed by atoms with Gasteiger partial charge >= 0.3 is 0 Å². The molecule has 0 saturated carbocycles. The lowest BCUT2D eigenvalue weighted by atomic mass is 10.1. The Morgan fingerprint density at radius 3 is 2.75 bits per heavy atom. The molecule has 1 aromatic carbocycles. The smallest absolute Gasteiger partial charge is 0.0454 e. The normalized spacial score (nSPS) is 13.0. The molecule has 0 aromatic heterocycles. The highest BCUT2D eigenvalue weighted by molar-refractivity contribution is 6.31. The molecular weight excluding hydrogens is 172 g/mol. The van der Waals surface area contributed by atoms with Crippen LogP contribution in [0.2, 0.25) is 5.02 Å². The fourth-order valence-corrected chi connectivity index (χ4v) is 1.33. The van der Waals surface area contributed by atoms with Gasteiger partial charge in [-0.1, -0.05) is 29.3 Å². The second-order valence-corrected chi connectivity index (χ2v) is 3.27. The van der Waals surface area contributed by atoms with E-state index in [1.165, 1.54) is 0 Å². The van der Waals surface area contributed by atoms with Gasteiger partial charge in [0.2, 0.25) is 0 Å². The number of aryl methyl sites for hydroxylation is 1. The van der Waals surface area contributed by atoms with Crippen molar-refractivity contribution in [2.75, 3.05) is 6.54 Å². The Balaban J connectivity index is 3.04. The molecule has 1 aromatic rings. The van der Waals surface area contributed by atoms with Crippen LogP contribution in [0.5, 0.6) is 0 Å². The molecule has 0 radical (unpaired) electrons. The topological polar surface area (TPSA) is 52.0 Å². The van der Waals surface area contributed by atoms with E-state index in [1.807, 2.05) is 25.1 Å². The van der Waals surface area contributed by atoms with Gasteiger partial charge in [0.25, 0.3) is 0 Å². The summed E-state index contributed by atoms with van der Waals surface area (Å²) in [6.07, 6.45) is 0. The van der Waals surface area contributed by atoms with E-state index < -0.39 is 0 Å². The van der Waals surface area contributed by atoms with E-state index >= 15 is 0 Å². The highest BCUT2D eigenvalue weighted by Crippen LogP contribution is 2.21. The molecule has 12 heavy (non-hydrogen) atoms. The lowest BCUT2D eigenvalue weighted by Gasteiger charge is -2.11. The van der Waals surface area contributed by atoms with Gasteiger partial charge in [-0.05, 0) is 18.6 Å². The van der Waals surface area contributed by atoms with E-state index in [4.69, 9.17) is 23.1 Å². The van der Waals surface area contributed by atoms with E-state index in [0.717, 1.165) is 11.1 Å². The molecule has 0 spiro atoms. The average molecular weight is 185 g/mol. The lowest BCUT2D eigenvalue weighted by molar-refractivity contribution is 0.736. The van der Waals surface area contributed by atoms with Crippen molar-refractivity contribution in [2.24, 2.45) is 11.5 Å². The number of nitrogens with two attached hydrogens (primary N) is 2. The third-order valence-corrected chi connectivity index (χ3v) is 2.15. The first-order chi connectivity index (χ1) is 5.65. The largest absolute Gasteiger partial charge is 0.329 e. The van der Waals surface area contributed by atoms with Crippen LogP contribution in [0.3, 0.4) is 0 Å². The lowest BCUT2D eigenvalue weighted by Crippen LogP contribution is -2.21. The van der Waals surface area contributed by atoms with Crippen molar-refractivity contribution in [3.05, 3.63) is 34.3 Å². The maximum atomic E-state index is 5.93. The fourth-order valence-electron chi connectivity index (χ4n) is 1.07. The molecule has 4 N–H and O–H groups in total. The van der Waals surface area contributed by atoms with Crippen LogP contribution in [0.25, 0.3) is 0 Å². The van der Waals surface area contributed by atoms with E-state index in [9.17, 15) is 0 Å². The Bertz CT molecular complexity index is 273. The molecule has 0 amide bonds. The van der Waals surface area contributed by atoms with Crippen molar-refractivity contribution in [3.63, 3.8) is 0 Å². The molecule has 66 valence electrons. The number of rotatable bonds is 2.